The first kappa shape index (κ1) is 16.4. The molecule has 0 bridgehead atoms. The standard InChI is InChI=1S/C15H21N3O4S/c1-11-8-13(9-17(11)14-6-7-14)16-23(21,22)10-12-4-2-3-5-15(12)18(19)20/h2-5,11,13-14,16H,6-10H2,1H3/t11-,13+/m0/s1. The van der Waals surface area contributed by atoms with Crippen molar-refractivity contribution < 1.29 is 13.3 Å². The Morgan fingerprint density at radius 3 is 2.70 bits per heavy atom. The molecule has 3 rings (SSSR count). The van der Waals surface area contributed by atoms with Crippen molar-refractivity contribution in [2.45, 2.75) is 50.1 Å². The predicted octanol–water partition coefficient (Wildman–Crippen LogP) is 1.64. The summed E-state index contributed by atoms with van der Waals surface area (Å²) in [5.41, 5.74) is 0.0624. The molecule has 1 N–H and O–H groups in total. The van der Waals surface area contributed by atoms with E-state index in [1.54, 1.807) is 6.07 Å². The van der Waals surface area contributed by atoms with Gasteiger partial charge in [-0.3, -0.25) is 15.0 Å². The zero-order chi connectivity index (χ0) is 16.6. The number of benzene rings is 1. The van der Waals surface area contributed by atoms with Gasteiger partial charge in [0.25, 0.3) is 5.69 Å². The van der Waals surface area contributed by atoms with Gasteiger partial charge in [0, 0.05) is 36.3 Å². The van der Waals surface area contributed by atoms with Crippen LogP contribution in [0.3, 0.4) is 0 Å². The van der Waals surface area contributed by atoms with E-state index in [9.17, 15) is 18.5 Å². The molecule has 1 aliphatic carbocycles. The van der Waals surface area contributed by atoms with E-state index in [1.807, 2.05) is 0 Å². The Bertz CT molecular complexity index is 702. The van der Waals surface area contributed by atoms with E-state index in [2.05, 4.69) is 16.5 Å². The molecule has 2 aliphatic rings. The van der Waals surface area contributed by atoms with Crippen LogP contribution in [-0.2, 0) is 15.8 Å². The molecule has 1 heterocycles. The maximum absolute atomic E-state index is 12.4. The van der Waals surface area contributed by atoms with Crippen molar-refractivity contribution in [3.8, 4) is 0 Å². The minimum atomic E-state index is -3.61. The van der Waals surface area contributed by atoms with E-state index in [1.165, 1.54) is 31.0 Å². The molecule has 1 aromatic rings. The maximum Gasteiger partial charge on any atom is 0.273 e. The Morgan fingerprint density at radius 1 is 1.35 bits per heavy atom. The second-order valence-corrected chi connectivity index (χ2v) is 8.23. The summed E-state index contributed by atoms with van der Waals surface area (Å²) in [4.78, 5) is 12.8. The lowest BCUT2D eigenvalue weighted by Crippen LogP contribution is -2.38. The fraction of sp³-hybridized carbons (Fsp3) is 0.600. The third-order valence-electron chi connectivity index (χ3n) is 4.52. The van der Waals surface area contributed by atoms with E-state index in [4.69, 9.17) is 0 Å². The molecular weight excluding hydrogens is 318 g/mol. The molecule has 0 spiro atoms. The monoisotopic (exact) mass is 339 g/mol. The summed E-state index contributed by atoms with van der Waals surface area (Å²) in [6, 6.07) is 6.84. The summed E-state index contributed by atoms with van der Waals surface area (Å²) in [5, 5.41) is 11.0. The minimum Gasteiger partial charge on any atom is -0.296 e. The first-order chi connectivity index (χ1) is 10.9. The molecule has 0 radical (unpaired) electrons. The number of rotatable bonds is 6. The number of hydrogen-bond donors (Lipinski definition) is 1. The number of nitro groups is 1. The Kier molecular flexibility index (Phi) is 4.39. The van der Waals surface area contributed by atoms with Gasteiger partial charge in [0.05, 0.1) is 10.7 Å². The molecule has 0 amide bonds. The van der Waals surface area contributed by atoms with Crippen molar-refractivity contribution in [3.05, 3.63) is 39.9 Å². The van der Waals surface area contributed by atoms with Crippen molar-refractivity contribution in [2.75, 3.05) is 6.54 Å². The second-order valence-electron chi connectivity index (χ2n) is 6.47. The van der Waals surface area contributed by atoms with Crippen LogP contribution >= 0.6 is 0 Å². The van der Waals surface area contributed by atoms with Gasteiger partial charge in [0.1, 0.15) is 0 Å². The fourth-order valence-electron chi connectivity index (χ4n) is 3.37. The highest BCUT2D eigenvalue weighted by atomic mass is 32.2. The molecule has 0 unspecified atom stereocenters. The van der Waals surface area contributed by atoms with E-state index in [-0.39, 0.29) is 23.0 Å². The Morgan fingerprint density at radius 2 is 2.04 bits per heavy atom. The van der Waals surface area contributed by atoms with Crippen LogP contribution in [0.15, 0.2) is 24.3 Å². The van der Waals surface area contributed by atoms with Crippen molar-refractivity contribution in [1.82, 2.24) is 9.62 Å². The maximum atomic E-state index is 12.4. The highest BCUT2D eigenvalue weighted by Gasteiger charge is 2.39. The van der Waals surface area contributed by atoms with Gasteiger partial charge in [0.2, 0.25) is 10.0 Å². The largest absolute Gasteiger partial charge is 0.296 e. The number of nitrogens with one attached hydrogen (secondary N) is 1. The van der Waals surface area contributed by atoms with Crippen molar-refractivity contribution >= 4 is 15.7 Å². The van der Waals surface area contributed by atoms with Crippen LogP contribution in [0.1, 0.15) is 31.7 Å². The summed E-state index contributed by atoms with van der Waals surface area (Å²) in [7, 11) is -3.61. The van der Waals surface area contributed by atoms with Gasteiger partial charge in [-0.25, -0.2) is 13.1 Å². The van der Waals surface area contributed by atoms with E-state index >= 15 is 0 Å². The van der Waals surface area contributed by atoms with Gasteiger partial charge in [-0.05, 0) is 26.2 Å². The van der Waals surface area contributed by atoms with E-state index < -0.39 is 14.9 Å². The van der Waals surface area contributed by atoms with Gasteiger partial charge in [-0.2, -0.15) is 0 Å². The highest BCUT2D eigenvalue weighted by molar-refractivity contribution is 7.88. The molecule has 2 atom stereocenters. The number of para-hydroxylation sites is 1. The molecule has 1 saturated carbocycles. The van der Waals surface area contributed by atoms with Gasteiger partial charge in [-0.15, -0.1) is 0 Å². The van der Waals surface area contributed by atoms with Gasteiger partial charge < -0.3 is 0 Å². The second kappa shape index (κ2) is 6.18. The van der Waals surface area contributed by atoms with Crippen molar-refractivity contribution in [2.24, 2.45) is 0 Å². The van der Waals surface area contributed by atoms with Crippen LogP contribution in [0.4, 0.5) is 5.69 Å². The summed E-state index contributed by atoms with van der Waals surface area (Å²) >= 11 is 0. The average Bonchev–Trinajstić information content (AvgIpc) is 3.23. The van der Waals surface area contributed by atoms with Crippen molar-refractivity contribution in [3.63, 3.8) is 0 Å². The summed E-state index contributed by atoms with van der Waals surface area (Å²) in [6.07, 6.45) is 3.17. The number of nitro benzene ring substituents is 1. The molecular formula is C15H21N3O4S. The summed E-state index contributed by atoms with van der Waals surface area (Å²) < 4.78 is 27.5. The lowest BCUT2D eigenvalue weighted by atomic mass is 10.2. The van der Waals surface area contributed by atoms with Crippen LogP contribution in [0.5, 0.6) is 0 Å². The Balaban J connectivity index is 1.67. The van der Waals surface area contributed by atoms with Crippen LogP contribution < -0.4 is 4.72 Å². The van der Waals surface area contributed by atoms with Gasteiger partial charge in [-0.1, -0.05) is 18.2 Å². The first-order valence-corrected chi connectivity index (χ1v) is 9.49. The zero-order valence-corrected chi connectivity index (χ0v) is 13.8. The third-order valence-corrected chi connectivity index (χ3v) is 5.90. The van der Waals surface area contributed by atoms with E-state index in [0.29, 0.717) is 12.1 Å². The number of nitrogens with zero attached hydrogens (tertiary/aromatic N) is 2. The molecule has 2 fully saturated rings. The Hall–Kier alpha value is -1.51. The fourth-order valence-corrected chi connectivity index (χ4v) is 4.78. The lowest BCUT2D eigenvalue weighted by molar-refractivity contribution is -0.385. The summed E-state index contributed by atoms with van der Waals surface area (Å²) in [6.45, 7) is 2.84. The molecule has 1 saturated heterocycles. The molecule has 7 nitrogen and oxygen atoms in total. The highest BCUT2D eigenvalue weighted by Crippen LogP contribution is 2.33. The minimum absolute atomic E-state index is 0.113. The van der Waals surface area contributed by atoms with E-state index in [0.717, 1.165) is 13.0 Å². The van der Waals surface area contributed by atoms with Crippen LogP contribution in [0, 0.1) is 10.1 Å². The van der Waals surface area contributed by atoms with Gasteiger partial charge >= 0.3 is 0 Å². The van der Waals surface area contributed by atoms with Gasteiger partial charge in [0.15, 0.2) is 0 Å². The van der Waals surface area contributed by atoms with Crippen molar-refractivity contribution in [1.29, 1.82) is 0 Å². The number of hydrogen-bond acceptors (Lipinski definition) is 5. The van der Waals surface area contributed by atoms with Crippen LogP contribution in [-0.4, -0.2) is 42.9 Å². The molecule has 8 heteroatoms. The predicted molar refractivity (Wildman–Crippen MR) is 86.5 cm³/mol. The SMILES string of the molecule is C[C@H]1C[C@@H](NS(=O)(=O)Cc2ccccc2[N+](=O)[O-])CN1C1CC1. The quantitative estimate of drug-likeness (QED) is 0.628. The Labute approximate surface area is 135 Å². The average molecular weight is 339 g/mol. The molecule has 1 aromatic carbocycles. The number of sulfonamides is 1. The third kappa shape index (κ3) is 3.88. The molecule has 126 valence electrons. The summed E-state index contributed by atoms with van der Waals surface area (Å²) in [5.74, 6) is -0.363. The topological polar surface area (TPSA) is 92.5 Å². The lowest BCUT2D eigenvalue weighted by Gasteiger charge is -2.19. The molecule has 1 aliphatic heterocycles. The molecule has 0 aromatic heterocycles. The van der Waals surface area contributed by atoms with Crippen LogP contribution in [0.25, 0.3) is 0 Å². The smallest absolute Gasteiger partial charge is 0.273 e. The molecule has 23 heavy (non-hydrogen) atoms. The van der Waals surface area contributed by atoms with Crippen LogP contribution in [0.2, 0.25) is 0 Å². The first-order valence-electron chi connectivity index (χ1n) is 7.84. The zero-order valence-electron chi connectivity index (χ0n) is 13.0. The normalized spacial score (nSPS) is 25.6. The number of likely N-dealkylation sites (tertiary alicyclic amines) is 1.